The van der Waals surface area contributed by atoms with Crippen molar-refractivity contribution in [3.05, 3.63) is 71.5 Å². The molecule has 2 heteroatoms. The average Bonchev–Trinajstić information content (AvgIpc) is 2.48. The summed E-state index contributed by atoms with van der Waals surface area (Å²) in [7, 11) is 0. The lowest BCUT2D eigenvalue weighted by atomic mass is 9.74. The van der Waals surface area contributed by atoms with E-state index in [1.165, 1.54) is 12.1 Å². The number of benzene rings is 2. The molecule has 0 aromatic heterocycles. The van der Waals surface area contributed by atoms with Gasteiger partial charge in [0.15, 0.2) is 0 Å². The molecule has 19 heavy (non-hydrogen) atoms. The molecule has 2 aromatic carbocycles. The third-order valence-electron chi connectivity index (χ3n) is 3.82. The number of hydrogen-bond donors (Lipinski definition) is 1. The predicted molar refractivity (Wildman–Crippen MR) is 75.6 cm³/mol. The molecule has 0 radical (unpaired) electrons. The fourth-order valence-corrected chi connectivity index (χ4v) is 2.47. The van der Waals surface area contributed by atoms with Crippen molar-refractivity contribution in [3.63, 3.8) is 0 Å². The lowest BCUT2D eigenvalue weighted by Gasteiger charge is -2.31. The first-order valence-electron chi connectivity index (χ1n) is 6.61. The first-order valence-corrected chi connectivity index (χ1v) is 6.61. The van der Waals surface area contributed by atoms with Crippen LogP contribution in [0.3, 0.4) is 0 Å². The van der Waals surface area contributed by atoms with Gasteiger partial charge in [-0.15, -0.1) is 0 Å². The second-order valence-electron chi connectivity index (χ2n) is 4.96. The smallest absolute Gasteiger partial charge is 0.123 e. The van der Waals surface area contributed by atoms with Gasteiger partial charge in [0.05, 0.1) is 6.61 Å². The molecule has 2 rings (SSSR count). The van der Waals surface area contributed by atoms with Crippen LogP contribution in [0.25, 0.3) is 0 Å². The Kier molecular flexibility index (Phi) is 4.33. The zero-order valence-electron chi connectivity index (χ0n) is 11.1. The molecule has 100 valence electrons. The summed E-state index contributed by atoms with van der Waals surface area (Å²) in [6.07, 6.45) is 1.55. The molecule has 1 N–H and O–H groups in total. The van der Waals surface area contributed by atoms with Crippen LogP contribution in [0.4, 0.5) is 4.39 Å². The van der Waals surface area contributed by atoms with Gasteiger partial charge in [-0.05, 0) is 36.1 Å². The molecule has 0 aliphatic rings. The monoisotopic (exact) mass is 258 g/mol. The maximum atomic E-state index is 13.0. The topological polar surface area (TPSA) is 20.2 Å². The molecule has 0 saturated heterocycles. The highest BCUT2D eigenvalue weighted by molar-refractivity contribution is 5.30. The highest BCUT2D eigenvalue weighted by atomic mass is 19.1. The fraction of sp³-hybridized carbons (Fsp3) is 0.294. The van der Waals surface area contributed by atoms with Crippen molar-refractivity contribution in [2.45, 2.75) is 25.2 Å². The Morgan fingerprint density at radius 3 is 2.16 bits per heavy atom. The van der Waals surface area contributed by atoms with Gasteiger partial charge in [0.25, 0.3) is 0 Å². The molecule has 0 saturated carbocycles. The van der Waals surface area contributed by atoms with Crippen molar-refractivity contribution in [1.29, 1.82) is 0 Å². The Morgan fingerprint density at radius 2 is 1.63 bits per heavy atom. The van der Waals surface area contributed by atoms with E-state index in [2.05, 4.69) is 6.92 Å². The van der Waals surface area contributed by atoms with Gasteiger partial charge < -0.3 is 5.11 Å². The minimum Gasteiger partial charge on any atom is -0.395 e. The van der Waals surface area contributed by atoms with Crippen molar-refractivity contribution < 1.29 is 9.50 Å². The molecule has 0 fully saturated rings. The van der Waals surface area contributed by atoms with E-state index in [-0.39, 0.29) is 17.8 Å². The van der Waals surface area contributed by atoms with E-state index in [0.29, 0.717) is 6.42 Å². The van der Waals surface area contributed by atoms with E-state index >= 15 is 0 Å². The van der Waals surface area contributed by atoms with E-state index < -0.39 is 0 Å². The fourth-order valence-electron chi connectivity index (χ4n) is 2.47. The first-order chi connectivity index (χ1) is 9.20. The summed E-state index contributed by atoms with van der Waals surface area (Å²) in [4.78, 5) is 0. The third kappa shape index (κ3) is 3.02. The summed E-state index contributed by atoms with van der Waals surface area (Å²) in [5.74, 6) is -0.227. The van der Waals surface area contributed by atoms with Gasteiger partial charge in [-0.2, -0.15) is 0 Å². The Hall–Kier alpha value is -1.67. The van der Waals surface area contributed by atoms with Crippen LogP contribution in [0.15, 0.2) is 54.6 Å². The zero-order valence-corrected chi connectivity index (χ0v) is 11.1. The van der Waals surface area contributed by atoms with Crippen LogP contribution in [-0.2, 0) is 11.8 Å². The van der Waals surface area contributed by atoms with Crippen molar-refractivity contribution >= 4 is 0 Å². The van der Waals surface area contributed by atoms with Gasteiger partial charge in [-0.25, -0.2) is 4.39 Å². The second-order valence-corrected chi connectivity index (χ2v) is 4.96. The van der Waals surface area contributed by atoms with Gasteiger partial charge in [0, 0.05) is 5.41 Å². The predicted octanol–water partition coefficient (Wildman–Crippen LogP) is 3.71. The average molecular weight is 258 g/mol. The third-order valence-corrected chi connectivity index (χ3v) is 3.82. The van der Waals surface area contributed by atoms with E-state index in [1.807, 2.05) is 30.3 Å². The van der Waals surface area contributed by atoms with E-state index in [9.17, 15) is 9.50 Å². The molecule has 1 atom stereocenters. The Bertz CT molecular complexity index is 501. The maximum Gasteiger partial charge on any atom is 0.123 e. The second kappa shape index (κ2) is 5.98. The van der Waals surface area contributed by atoms with Crippen LogP contribution in [0.1, 0.15) is 24.5 Å². The zero-order chi connectivity index (χ0) is 13.7. The van der Waals surface area contributed by atoms with Gasteiger partial charge in [-0.3, -0.25) is 0 Å². The van der Waals surface area contributed by atoms with Crippen LogP contribution >= 0.6 is 0 Å². The van der Waals surface area contributed by atoms with E-state index in [0.717, 1.165) is 17.5 Å². The van der Waals surface area contributed by atoms with Crippen molar-refractivity contribution in [3.8, 4) is 0 Å². The van der Waals surface area contributed by atoms with E-state index in [4.69, 9.17) is 0 Å². The molecule has 0 amide bonds. The molecular formula is C17H19FO. The quantitative estimate of drug-likeness (QED) is 0.866. The lowest BCUT2D eigenvalue weighted by Crippen LogP contribution is -2.32. The summed E-state index contributed by atoms with van der Waals surface area (Å²) in [5, 5.41) is 9.87. The molecule has 2 aromatic rings. The normalized spacial score (nSPS) is 14.1. The first kappa shape index (κ1) is 13.8. The lowest BCUT2D eigenvalue weighted by molar-refractivity contribution is 0.186. The van der Waals surface area contributed by atoms with Crippen molar-refractivity contribution in [2.75, 3.05) is 6.61 Å². The van der Waals surface area contributed by atoms with Gasteiger partial charge >= 0.3 is 0 Å². The minimum atomic E-state index is -0.293. The number of aliphatic hydroxyl groups excluding tert-OH is 1. The Labute approximate surface area is 113 Å². The van der Waals surface area contributed by atoms with Gasteiger partial charge in [-0.1, -0.05) is 49.4 Å². The molecule has 0 spiro atoms. The highest BCUT2D eigenvalue weighted by Crippen LogP contribution is 2.31. The van der Waals surface area contributed by atoms with Crippen LogP contribution < -0.4 is 0 Å². The van der Waals surface area contributed by atoms with Crippen molar-refractivity contribution in [2.24, 2.45) is 0 Å². The summed E-state index contributed by atoms with van der Waals surface area (Å²) in [6, 6.07) is 16.6. The highest BCUT2D eigenvalue weighted by Gasteiger charge is 2.29. The van der Waals surface area contributed by atoms with E-state index in [1.54, 1.807) is 12.1 Å². The number of hydrogen-bond acceptors (Lipinski definition) is 1. The molecule has 1 nitrogen and oxygen atoms in total. The summed E-state index contributed by atoms with van der Waals surface area (Å²) < 4.78 is 13.0. The molecule has 0 aliphatic heterocycles. The van der Waals surface area contributed by atoms with Crippen LogP contribution in [0.5, 0.6) is 0 Å². The Balaban J connectivity index is 2.32. The SMILES string of the molecule is CCC(CO)(Cc1ccc(F)cc1)c1ccccc1. The largest absolute Gasteiger partial charge is 0.395 e. The summed E-state index contributed by atoms with van der Waals surface area (Å²) in [5.41, 5.74) is 1.88. The number of aliphatic hydroxyl groups is 1. The maximum absolute atomic E-state index is 13.0. The molecular weight excluding hydrogens is 239 g/mol. The minimum absolute atomic E-state index is 0.0882. The van der Waals surface area contributed by atoms with Crippen LogP contribution in [0.2, 0.25) is 0 Å². The molecule has 0 bridgehead atoms. The molecule has 0 aliphatic carbocycles. The summed E-state index contributed by atoms with van der Waals surface area (Å²) >= 11 is 0. The molecule has 1 unspecified atom stereocenters. The number of rotatable bonds is 5. The van der Waals surface area contributed by atoms with Crippen molar-refractivity contribution in [1.82, 2.24) is 0 Å². The van der Waals surface area contributed by atoms with Crippen LogP contribution in [0, 0.1) is 5.82 Å². The standard InChI is InChI=1S/C17H19FO/c1-2-17(13-19,15-6-4-3-5-7-15)12-14-8-10-16(18)11-9-14/h3-11,19H,2,12-13H2,1H3. The number of halogens is 1. The summed E-state index contributed by atoms with van der Waals surface area (Å²) in [6.45, 7) is 2.16. The van der Waals surface area contributed by atoms with Crippen LogP contribution in [-0.4, -0.2) is 11.7 Å². The van der Waals surface area contributed by atoms with Gasteiger partial charge in [0.2, 0.25) is 0 Å². The Morgan fingerprint density at radius 1 is 1.00 bits per heavy atom. The molecule has 0 heterocycles. The van der Waals surface area contributed by atoms with Gasteiger partial charge in [0.1, 0.15) is 5.82 Å².